The first-order valence-electron chi connectivity index (χ1n) is 7.49. The Morgan fingerprint density at radius 3 is 2.95 bits per heavy atom. The molecule has 5 nitrogen and oxygen atoms in total. The number of halogens is 1. The Morgan fingerprint density at radius 1 is 1.38 bits per heavy atom. The van der Waals surface area contributed by atoms with Gasteiger partial charge in [-0.25, -0.2) is 4.98 Å². The summed E-state index contributed by atoms with van der Waals surface area (Å²) >= 11 is 3.41. The smallest absolute Gasteiger partial charge is 0.257 e. The Labute approximate surface area is 134 Å². The van der Waals surface area contributed by atoms with Gasteiger partial charge in [-0.05, 0) is 48.4 Å². The van der Waals surface area contributed by atoms with Crippen LogP contribution >= 0.6 is 15.9 Å². The second kappa shape index (κ2) is 7.75. The topological polar surface area (TPSA) is 48.5 Å². The highest BCUT2D eigenvalue weighted by molar-refractivity contribution is 9.10. The average molecular weight is 355 g/mol. The van der Waals surface area contributed by atoms with E-state index in [0.29, 0.717) is 11.4 Å². The summed E-state index contributed by atoms with van der Waals surface area (Å²) in [5.74, 6) is 0.750. The Bertz CT molecular complexity index is 495. The van der Waals surface area contributed by atoms with E-state index in [1.165, 1.54) is 0 Å². The van der Waals surface area contributed by atoms with Gasteiger partial charge in [-0.2, -0.15) is 0 Å². The highest BCUT2D eigenvalue weighted by Gasteiger charge is 2.22. The summed E-state index contributed by atoms with van der Waals surface area (Å²) in [4.78, 5) is 21.4. The van der Waals surface area contributed by atoms with Gasteiger partial charge < -0.3 is 15.1 Å². The van der Waals surface area contributed by atoms with E-state index in [-0.39, 0.29) is 5.91 Å². The molecule has 1 aromatic heterocycles. The molecule has 2 rings (SSSR count). The maximum absolute atomic E-state index is 12.8. The molecule has 2 heterocycles. The molecule has 1 amide bonds. The maximum atomic E-state index is 12.8. The Kier molecular flexibility index (Phi) is 5.99. The molecule has 1 aromatic rings. The number of nitrogens with one attached hydrogen (secondary N) is 1. The summed E-state index contributed by atoms with van der Waals surface area (Å²) in [5.41, 5.74) is 0.655. The molecule has 0 spiro atoms. The second-order valence-electron chi connectivity index (χ2n) is 5.43. The van der Waals surface area contributed by atoms with Crippen molar-refractivity contribution < 1.29 is 4.79 Å². The number of aromatic nitrogens is 1. The van der Waals surface area contributed by atoms with Crippen LogP contribution in [0.1, 0.15) is 30.1 Å². The van der Waals surface area contributed by atoms with E-state index in [4.69, 9.17) is 0 Å². The number of anilines is 1. The average Bonchev–Trinajstić information content (AvgIpc) is 2.70. The van der Waals surface area contributed by atoms with Gasteiger partial charge in [-0.15, -0.1) is 0 Å². The summed E-state index contributed by atoms with van der Waals surface area (Å²) in [6.07, 6.45) is 3.74. The third-order valence-electron chi connectivity index (χ3n) is 3.63. The molecule has 1 fully saturated rings. The molecule has 0 aliphatic carbocycles. The van der Waals surface area contributed by atoms with Crippen LogP contribution in [0, 0.1) is 0 Å². The van der Waals surface area contributed by atoms with Crippen LogP contribution in [0.3, 0.4) is 0 Å². The minimum Gasteiger partial charge on any atom is -0.369 e. The van der Waals surface area contributed by atoms with Crippen LogP contribution in [0.15, 0.2) is 16.7 Å². The Hall–Kier alpha value is -1.14. The predicted octanol–water partition coefficient (Wildman–Crippen LogP) is 2.44. The largest absolute Gasteiger partial charge is 0.369 e. The van der Waals surface area contributed by atoms with Gasteiger partial charge in [0.05, 0.1) is 5.56 Å². The van der Waals surface area contributed by atoms with Gasteiger partial charge in [-0.3, -0.25) is 4.79 Å². The fraction of sp³-hybridized carbons (Fsp3) is 0.600. The van der Waals surface area contributed by atoms with Gasteiger partial charge in [0.2, 0.25) is 0 Å². The van der Waals surface area contributed by atoms with Crippen LogP contribution in [0.4, 0.5) is 5.82 Å². The quantitative estimate of drug-likeness (QED) is 0.901. The number of rotatable bonds is 4. The van der Waals surface area contributed by atoms with Crippen molar-refractivity contribution in [1.82, 2.24) is 14.8 Å². The number of amides is 1. The lowest BCUT2D eigenvalue weighted by molar-refractivity contribution is 0.0763. The van der Waals surface area contributed by atoms with E-state index in [0.717, 1.165) is 50.0 Å². The molecule has 0 radical (unpaired) electrons. The molecule has 6 heteroatoms. The van der Waals surface area contributed by atoms with Crippen molar-refractivity contribution in [3.63, 3.8) is 0 Å². The number of carbonyl (C=O) groups is 1. The van der Waals surface area contributed by atoms with Crippen molar-refractivity contribution in [2.24, 2.45) is 0 Å². The van der Waals surface area contributed by atoms with Crippen molar-refractivity contribution >= 4 is 27.7 Å². The third kappa shape index (κ3) is 4.41. The molecule has 0 unspecified atom stereocenters. The summed E-state index contributed by atoms with van der Waals surface area (Å²) in [6.45, 7) is 6.46. The third-order valence-corrected chi connectivity index (χ3v) is 4.07. The molecule has 1 saturated heterocycles. The first kappa shape index (κ1) is 16.2. The normalized spacial score (nSPS) is 16.6. The van der Waals surface area contributed by atoms with E-state index in [9.17, 15) is 4.79 Å². The minimum atomic E-state index is 0.0673. The maximum Gasteiger partial charge on any atom is 0.257 e. The molecule has 21 heavy (non-hydrogen) atoms. The van der Waals surface area contributed by atoms with Gasteiger partial charge in [0.1, 0.15) is 5.82 Å². The second-order valence-corrected chi connectivity index (χ2v) is 6.34. The molecule has 1 N–H and O–H groups in total. The van der Waals surface area contributed by atoms with Crippen LogP contribution < -0.4 is 5.32 Å². The molecule has 0 saturated carbocycles. The number of hydrogen-bond acceptors (Lipinski definition) is 4. The summed E-state index contributed by atoms with van der Waals surface area (Å²) < 4.78 is 0.833. The highest BCUT2D eigenvalue weighted by atomic mass is 79.9. The SMILES string of the molecule is CCCNc1ncc(Br)cc1C(=O)N1CCCN(C)CC1. The monoisotopic (exact) mass is 354 g/mol. The van der Waals surface area contributed by atoms with Crippen molar-refractivity contribution in [2.75, 3.05) is 45.1 Å². The van der Waals surface area contributed by atoms with Crippen LogP contribution in [0.2, 0.25) is 0 Å². The lowest BCUT2D eigenvalue weighted by atomic mass is 10.2. The molecule has 0 bridgehead atoms. The fourth-order valence-corrected chi connectivity index (χ4v) is 2.74. The van der Waals surface area contributed by atoms with E-state index in [1.54, 1.807) is 6.20 Å². The number of nitrogens with zero attached hydrogens (tertiary/aromatic N) is 3. The standard InChI is InChI=1S/C15H23BrN4O/c1-3-5-17-14-13(10-12(16)11-18-14)15(21)20-7-4-6-19(2)8-9-20/h10-11H,3-9H2,1-2H3,(H,17,18). The van der Waals surface area contributed by atoms with Crippen LogP contribution in [0.25, 0.3) is 0 Å². The van der Waals surface area contributed by atoms with Crippen molar-refractivity contribution in [2.45, 2.75) is 19.8 Å². The number of likely N-dealkylation sites (N-methyl/N-ethyl adjacent to an activating group) is 1. The molecule has 116 valence electrons. The first-order valence-corrected chi connectivity index (χ1v) is 8.28. The number of pyridine rings is 1. The zero-order valence-corrected chi connectivity index (χ0v) is 14.3. The lowest BCUT2D eigenvalue weighted by Gasteiger charge is -2.22. The van der Waals surface area contributed by atoms with Gasteiger partial charge in [0, 0.05) is 36.8 Å². The van der Waals surface area contributed by atoms with E-state index in [1.807, 2.05) is 11.0 Å². The van der Waals surface area contributed by atoms with Gasteiger partial charge >= 0.3 is 0 Å². The summed E-state index contributed by atoms with van der Waals surface area (Å²) in [7, 11) is 2.10. The van der Waals surface area contributed by atoms with Gasteiger partial charge in [-0.1, -0.05) is 6.92 Å². The van der Waals surface area contributed by atoms with E-state index in [2.05, 4.69) is 45.1 Å². The first-order chi connectivity index (χ1) is 10.1. The van der Waals surface area contributed by atoms with E-state index >= 15 is 0 Å². The zero-order chi connectivity index (χ0) is 15.2. The number of carbonyl (C=O) groups excluding carboxylic acids is 1. The van der Waals surface area contributed by atoms with Crippen molar-refractivity contribution in [1.29, 1.82) is 0 Å². The lowest BCUT2D eigenvalue weighted by Crippen LogP contribution is -2.35. The Morgan fingerprint density at radius 2 is 2.19 bits per heavy atom. The van der Waals surface area contributed by atoms with Gasteiger partial charge in [0.15, 0.2) is 0 Å². The molecule has 1 aliphatic rings. The minimum absolute atomic E-state index is 0.0673. The van der Waals surface area contributed by atoms with Crippen molar-refractivity contribution in [3.8, 4) is 0 Å². The van der Waals surface area contributed by atoms with Gasteiger partial charge in [0.25, 0.3) is 5.91 Å². The summed E-state index contributed by atoms with van der Waals surface area (Å²) in [5, 5.41) is 3.24. The molecular weight excluding hydrogens is 332 g/mol. The van der Waals surface area contributed by atoms with E-state index < -0.39 is 0 Å². The highest BCUT2D eigenvalue weighted by Crippen LogP contribution is 2.20. The summed E-state index contributed by atoms with van der Waals surface area (Å²) in [6, 6.07) is 1.86. The molecule has 1 aliphatic heterocycles. The Balaban J connectivity index is 2.18. The van der Waals surface area contributed by atoms with Crippen LogP contribution in [0.5, 0.6) is 0 Å². The predicted molar refractivity (Wildman–Crippen MR) is 88.7 cm³/mol. The van der Waals surface area contributed by atoms with Crippen molar-refractivity contribution in [3.05, 3.63) is 22.3 Å². The van der Waals surface area contributed by atoms with Crippen LogP contribution in [-0.4, -0.2) is 60.5 Å². The molecule has 0 atom stereocenters. The molecule has 0 aromatic carbocycles. The zero-order valence-electron chi connectivity index (χ0n) is 12.7. The molecular formula is C15H23BrN4O. The van der Waals surface area contributed by atoms with Crippen LogP contribution in [-0.2, 0) is 0 Å². The number of hydrogen-bond donors (Lipinski definition) is 1. The fourth-order valence-electron chi connectivity index (χ4n) is 2.41.